The van der Waals surface area contributed by atoms with E-state index in [0.717, 1.165) is 34.3 Å². The van der Waals surface area contributed by atoms with E-state index in [9.17, 15) is 4.79 Å². The molecule has 0 unspecified atom stereocenters. The van der Waals surface area contributed by atoms with Crippen molar-refractivity contribution in [2.24, 2.45) is 0 Å². The summed E-state index contributed by atoms with van der Waals surface area (Å²) >= 11 is 3.42. The molecule has 2 aromatic rings. The molecule has 0 heterocycles. The molecule has 0 saturated heterocycles. The first-order chi connectivity index (χ1) is 11.2. The quantitative estimate of drug-likeness (QED) is 0.797. The zero-order chi connectivity index (χ0) is 16.2. The highest BCUT2D eigenvalue weighted by atomic mass is 79.9. The molecule has 0 bridgehead atoms. The second-order valence-electron chi connectivity index (χ2n) is 5.55. The van der Waals surface area contributed by atoms with Crippen molar-refractivity contribution in [3.05, 3.63) is 63.6 Å². The lowest BCUT2D eigenvalue weighted by molar-refractivity contribution is -0.111. The summed E-state index contributed by atoms with van der Waals surface area (Å²) in [5.74, 6) is 0.583. The number of carbonyl (C=O) groups excluding carboxylic acids is 1. The molecule has 0 aromatic heterocycles. The molecule has 2 aromatic carbocycles. The van der Waals surface area contributed by atoms with E-state index < -0.39 is 0 Å². The molecule has 23 heavy (non-hydrogen) atoms. The van der Waals surface area contributed by atoms with Gasteiger partial charge in [0.05, 0.1) is 7.11 Å². The van der Waals surface area contributed by atoms with Crippen LogP contribution < -0.4 is 10.1 Å². The van der Waals surface area contributed by atoms with Crippen LogP contribution in [0.1, 0.15) is 23.1 Å². The molecule has 1 aliphatic rings. The highest BCUT2D eigenvalue weighted by Crippen LogP contribution is 2.26. The minimum absolute atomic E-state index is 0.148. The average Bonchev–Trinajstić information content (AvgIpc) is 3.00. The molecule has 0 atom stereocenters. The molecule has 0 radical (unpaired) electrons. The van der Waals surface area contributed by atoms with Crippen molar-refractivity contribution in [3.8, 4) is 5.75 Å². The molecule has 0 saturated carbocycles. The Labute approximate surface area is 144 Å². The van der Waals surface area contributed by atoms with Crippen LogP contribution in [0.4, 0.5) is 5.69 Å². The maximum Gasteiger partial charge on any atom is 0.248 e. The molecule has 0 spiro atoms. The lowest BCUT2D eigenvalue weighted by Crippen LogP contribution is -2.08. The molecule has 3 nitrogen and oxygen atoms in total. The first kappa shape index (κ1) is 15.8. The highest BCUT2D eigenvalue weighted by molar-refractivity contribution is 9.10. The molecule has 118 valence electrons. The lowest BCUT2D eigenvalue weighted by atomic mass is 10.1. The van der Waals surface area contributed by atoms with Crippen molar-refractivity contribution >= 4 is 33.6 Å². The van der Waals surface area contributed by atoms with Crippen LogP contribution in [-0.2, 0) is 17.6 Å². The van der Waals surface area contributed by atoms with Gasteiger partial charge in [-0.05, 0) is 66.8 Å². The topological polar surface area (TPSA) is 38.3 Å². The fraction of sp³-hybridized carbons (Fsp3) is 0.211. The number of halogens is 1. The van der Waals surface area contributed by atoms with Gasteiger partial charge in [-0.3, -0.25) is 4.79 Å². The summed E-state index contributed by atoms with van der Waals surface area (Å²) in [5.41, 5.74) is 4.45. The van der Waals surface area contributed by atoms with Gasteiger partial charge in [-0.25, -0.2) is 0 Å². The van der Waals surface area contributed by atoms with Crippen LogP contribution >= 0.6 is 15.9 Å². The minimum Gasteiger partial charge on any atom is -0.496 e. The van der Waals surface area contributed by atoms with Gasteiger partial charge in [0.2, 0.25) is 5.91 Å². The Balaban J connectivity index is 1.71. The van der Waals surface area contributed by atoms with Gasteiger partial charge in [-0.1, -0.05) is 22.0 Å². The predicted molar refractivity (Wildman–Crippen MR) is 96.8 cm³/mol. The minimum atomic E-state index is -0.148. The average molecular weight is 372 g/mol. The van der Waals surface area contributed by atoms with E-state index in [4.69, 9.17) is 4.74 Å². The van der Waals surface area contributed by atoms with E-state index in [-0.39, 0.29) is 5.91 Å². The third-order valence-corrected chi connectivity index (χ3v) is 4.47. The number of benzene rings is 2. The Kier molecular flexibility index (Phi) is 4.82. The molecule has 1 amide bonds. The molecule has 3 rings (SSSR count). The lowest BCUT2D eigenvalue weighted by Gasteiger charge is -2.06. The van der Waals surface area contributed by atoms with Gasteiger partial charge < -0.3 is 10.1 Å². The number of nitrogens with one attached hydrogen (secondary N) is 1. The number of rotatable bonds is 4. The fourth-order valence-corrected chi connectivity index (χ4v) is 3.21. The Morgan fingerprint density at radius 2 is 2.00 bits per heavy atom. The molecule has 0 aliphatic heterocycles. The molecule has 0 fully saturated rings. The summed E-state index contributed by atoms with van der Waals surface area (Å²) in [6, 6.07) is 11.8. The van der Waals surface area contributed by atoms with Crippen LogP contribution in [0, 0.1) is 0 Å². The molecular formula is C19H18BrNO2. The standard InChI is InChI=1S/C19H18BrNO2/c1-23-18-9-7-16(20)11-15(18)6-10-19(22)21-17-8-5-13-3-2-4-14(13)12-17/h5-12H,2-4H2,1H3,(H,21,22)/b10-6+. The van der Waals surface area contributed by atoms with Crippen LogP contribution in [0.3, 0.4) is 0 Å². The largest absolute Gasteiger partial charge is 0.496 e. The number of amides is 1. The van der Waals surface area contributed by atoms with Crippen molar-refractivity contribution in [1.82, 2.24) is 0 Å². The summed E-state index contributed by atoms with van der Waals surface area (Å²) in [6.45, 7) is 0. The van der Waals surface area contributed by atoms with Crippen LogP contribution in [0.25, 0.3) is 6.08 Å². The number of methoxy groups -OCH3 is 1. The summed E-state index contributed by atoms with van der Waals surface area (Å²) in [7, 11) is 1.62. The van der Waals surface area contributed by atoms with Gasteiger partial charge >= 0.3 is 0 Å². The zero-order valence-electron chi connectivity index (χ0n) is 12.9. The third kappa shape index (κ3) is 3.82. The Hall–Kier alpha value is -2.07. The normalized spacial score (nSPS) is 13.1. The second-order valence-corrected chi connectivity index (χ2v) is 6.46. The summed E-state index contributed by atoms with van der Waals surface area (Å²) in [4.78, 5) is 12.1. The van der Waals surface area contributed by atoms with E-state index in [1.54, 1.807) is 13.2 Å². The SMILES string of the molecule is COc1ccc(Br)cc1/C=C/C(=O)Nc1ccc2c(c1)CCC2. The Morgan fingerprint density at radius 1 is 1.17 bits per heavy atom. The van der Waals surface area contributed by atoms with Crippen molar-refractivity contribution in [2.45, 2.75) is 19.3 Å². The van der Waals surface area contributed by atoms with Crippen molar-refractivity contribution in [3.63, 3.8) is 0 Å². The first-order valence-corrected chi connectivity index (χ1v) is 8.39. The molecule has 4 heteroatoms. The maximum absolute atomic E-state index is 12.1. The zero-order valence-corrected chi connectivity index (χ0v) is 14.5. The van der Waals surface area contributed by atoms with Crippen LogP contribution in [0.5, 0.6) is 5.75 Å². The van der Waals surface area contributed by atoms with Gasteiger partial charge in [-0.2, -0.15) is 0 Å². The van der Waals surface area contributed by atoms with E-state index >= 15 is 0 Å². The van der Waals surface area contributed by atoms with Gasteiger partial charge in [0.15, 0.2) is 0 Å². The number of hydrogen-bond acceptors (Lipinski definition) is 2. The maximum atomic E-state index is 12.1. The number of ether oxygens (including phenoxy) is 1. The molecule has 1 aliphatic carbocycles. The number of anilines is 1. The number of aryl methyl sites for hydroxylation is 2. The third-order valence-electron chi connectivity index (χ3n) is 3.97. The monoisotopic (exact) mass is 371 g/mol. The van der Waals surface area contributed by atoms with Gasteiger partial charge in [0, 0.05) is 21.8 Å². The van der Waals surface area contributed by atoms with Gasteiger partial charge in [0.1, 0.15) is 5.75 Å². The Bertz CT molecular complexity index is 768. The number of hydrogen-bond donors (Lipinski definition) is 1. The van der Waals surface area contributed by atoms with Crippen LogP contribution in [0.2, 0.25) is 0 Å². The molecular weight excluding hydrogens is 354 g/mol. The van der Waals surface area contributed by atoms with Crippen molar-refractivity contribution in [2.75, 3.05) is 12.4 Å². The Morgan fingerprint density at radius 3 is 2.83 bits per heavy atom. The van der Waals surface area contributed by atoms with Crippen LogP contribution in [-0.4, -0.2) is 13.0 Å². The van der Waals surface area contributed by atoms with Gasteiger partial charge in [-0.15, -0.1) is 0 Å². The summed E-state index contributed by atoms with van der Waals surface area (Å²) in [5, 5.41) is 2.92. The molecule has 1 N–H and O–H groups in total. The number of fused-ring (bicyclic) bond motifs is 1. The fourth-order valence-electron chi connectivity index (χ4n) is 2.83. The second kappa shape index (κ2) is 7.01. The summed E-state index contributed by atoms with van der Waals surface area (Å²) < 4.78 is 6.24. The highest BCUT2D eigenvalue weighted by Gasteiger charge is 2.11. The summed E-state index contributed by atoms with van der Waals surface area (Å²) in [6.07, 6.45) is 6.73. The van der Waals surface area contributed by atoms with Crippen molar-refractivity contribution < 1.29 is 9.53 Å². The smallest absolute Gasteiger partial charge is 0.248 e. The van der Waals surface area contributed by atoms with Crippen LogP contribution in [0.15, 0.2) is 46.9 Å². The van der Waals surface area contributed by atoms with Crippen molar-refractivity contribution in [1.29, 1.82) is 0 Å². The van der Waals surface area contributed by atoms with E-state index in [2.05, 4.69) is 33.4 Å². The van der Waals surface area contributed by atoms with E-state index in [1.165, 1.54) is 23.6 Å². The van der Waals surface area contributed by atoms with E-state index in [1.807, 2.05) is 24.3 Å². The predicted octanol–water partition coefficient (Wildman–Crippen LogP) is 4.60. The van der Waals surface area contributed by atoms with Gasteiger partial charge in [0.25, 0.3) is 0 Å². The van der Waals surface area contributed by atoms with E-state index in [0.29, 0.717) is 0 Å². The first-order valence-electron chi connectivity index (χ1n) is 7.60. The number of carbonyl (C=O) groups is 1.